The number of carboxylic acids is 1. The van der Waals surface area contributed by atoms with E-state index in [0.29, 0.717) is 24.8 Å². The van der Waals surface area contributed by atoms with Crippen molar-refractivity contribution in [2.75, 3.05) is 32.1 Å². The summed E-state index contributed by atoms with van der Waals surface area (Å²) in [6.45, 7) is 2.09. The number of benzene rings is 1. The number of amides is 2. The number of carbonyl (C=O) groups is 2. The molecule has 2 rings (SSSR count). The van der Waals surface area contributed by atoms with Crippen LogP contribution in [0.3, 0.4) is 0 Å². The van der Waals surface area contributed by atoms with Crippen LogP contribution in [-0.4, -0.2) is 48.8 Å². The third-order valence-corrected chi connectivity index (χ3v) is 3.59. The predicted molar refractivity (Wildman–Crippen MR) is 78.6 cm³/mol. The molecule has 1 aliphatic heterocycles. The van der Waals surface area contributed by atoms with Gasteiger partial charge in [0.2, 0.25) is 0 Å². The first-order valence-electron chi connectivity index (χ1n) is 6.98. The van der Waals surface area contributed by atoms with Gasteiger partial charge in [-0.15, -0.1) is 0 Å². The van der Waals surface area contributed by atoms with Crippen LogP contribution in [0.2, 0.25) is 0 Å². The van der Waals surface area contributed by atoms with Crippen LogP contribution in [-0.2, 0) is 4.74 Å². The summed E-state index contributed by atoms with van der Waals surface area (Å²) >= 11 is 0. The van der Waals surface area contributed by atoms with Crippen LogP contribution in [0.4, 0.5) is 10.5 Å². The van der Waals surface area contributed by atoms with E-state index in [0.717, 1.165) is 19.4 Å². The molecule has 1 heterocycles. The van der Waals surface area contributed by atoms with Crippen LogP contribution in [0.25, 0.3) is 0 Å². The van der Waals surface area contributed by atoms with E-state index in [4.69, 9.17) is 9.84 Å². The van der Waals surface area contributed by atoms with Gasteiger partial charge >= 0.3 is 12.0 Å². The van der Waals surface area contributed by atoms with Crippen LogP contribution in [0.1, 0.15) is 23.2 Å². The molecule has 0 saturated carbocycles. The van der Waals surface area contributed by atoms with Gasteiger partial charge in [-0.1, -0.05) is 0 Å². The molecule has 21 heavy (non-hydrogen) atoms. The fourth-order valence-electron chi connectivity index (χ4n) is 2.52. The van der Waals surface area contributed by atoms with Crippen molar-refractivity contribution in [3.63, 3.8) is 0 Å². The SMILES string of the molecule is COCC1CCCN(C(=O)Nc2ccc(C(=O)O)cc2)C1. The number of ether oxygens (including phenoxy) is 1. The van der Waals surface area contributed by atoms with Crippen LogP contribution in [0.15, 0.2) is 24.3 Å². The molecule has 1 unspecified atom stereocenters. The van der Waals surface area contributed by atoms with Gasteiger partial charge in [0.05, 0.1) is 12.2 Å². The van der Waals surface area contributed by atoms with Gasteiger partial charge in [0, 0.05) is 31.8 Å². The first kappa shape index (κ1) is 15.3. The van der Waals surface area contributed by atoms with Crippen molar-refractivity contribution in [2.24, 2.45) is 5.92 Å². The summed E-state index contributed by atoms with van der Waals surface area (Å²) in [4.78, 5) is 24.7. The van der Waals surface area contributed by atoms with Crippen molar-refractivity contribution in [3.05, 3.63) is 29.8 Å². The molecule has 1 atom stereocenters. The molecule has 1 aliphatic rings. The van der Waals surface area contributed by atoms with Crippen molar-refractivity contribution in [2.45, 2.75) is 12.8 Å². The maximum absolute atomic E-state index is 12.2. The Morgan fingerprint density at radius 1 is 1.38 bits per heavy atom. The second kappa shape index (κ2) is 7.08. The lowest BCUT2D eigenvalue weighted by molar-refractivity contribution is 0.0697. The highest BCUT2D eigenvalue weighted by molar-refractivity contribution is 5.91. The zero-order chi connectivity index (χ0) is 15.2. The van der Waals surface area contributed by atoms with Crippen LogP contribution >= 0.6 is 0 Å². The number of hydrogen-bond donors (Lipinski definition) is 2. The Morgan fingerprint density at radius 3 is 2.71 bits per heavy atom. The highest BCUT2D eigenvalue weighted by atomic mass is 16.5. The second-order valence-corrected chi connectivity index (χ2v) is 5.22. The van der Waals surface area contributed by atoms with E-state index in [1.807, 2.05) is 0 Å². The molecular formula is C15H20N2O4. The Bertz CT molecular complexity index is 499. The highest BCUT2D eigenvalue weighted by Crippen LogP contribution is 2.18. The number of aromatic carboxylic acids is 1. The summed E-state index contributed by atoms with van der Waals surface area (Å²) in [5, 5.41) is 11.6. The number of likely N-dealkylation sites (tertiary alicyclic amines) is 1. The van der Waals surface area contributed by atoms with Crippen LogP contribution < -0.4 is 5.32 Å². The molecule has 0 radical (unpaired) electrons. The van der Waals surface area contributed by atoms with E-state index in [-0.39, 0.29) is 11.6 Å². The standard InChI is InChI=1S/C15H20N2O4/c1-21-10-11-3-2-8-17(9-11)15(20)16-13-6-4-12(5-7-13)14(18)19/h4-7,11H,2-3,8-10H2,1H3,(H,16,20)(H,18,19). The topological polar surface area (TPSA) is 78.9 Å². The van der Waals surface area contributed by atoms with Crippen molar-refractivity contribution in [1.29, 1.82) is 0 Å². The number of methoxy groups -OCH3 is 1. The number of rotatable bonds is 4. The first-order chi connectivity index (χ1) is 10.1. The van der Waals surface area contributed by atoms with E-state index in [2.05, 4.69) is 5.32 Å². The Labute approximate surface area is 123 Å². The molecular weight excluding hydrogens is 272 g/mol. The molecule has 0 aliphatic carbocycles. The summed E-state index contributed by atoms with van der Waals surface area (Å²) in [5.74, 6) is -0.602. The summed E-state index contributed by atoms with van der Waals surface area (Å²) in [7, 11) is 1.67. The minimum atomic E-state index is -0.980. The predicted octanol–water partition coefficient (Wildman–Crippen LogP) is 2.28. The van der Waals surface area contributed by atoms with Gasteiger partial charge in [-0.2, -0.15) is 0 Å². The molecule has 1 fully saturated rings. The fourth-order valence-corrected chi connectivity index (χ4v) is 2.52. The van der Waals surface area contributed by atoms with Crippen molar-refractivity contribution >= 4 is 17.7 Å². The molecule has 2 N–H and O–H groups in total. The Morgan fingerprint density at radius 2 is 2.10 bits per heavy atom. The molecule has 6 nitrogen and oxygen atoms in total. The van der Waals surface area contributed by atoms with Gasteiger partial charge in [-0.3, -0.25) is 0 Å². The summed E-state index contributed by atoms with van der Waals surface area (Å²) in [5.41, 5.74) is 0.796. The number of urea groups is 1. The van der Waals surface area contributed by atoms with Gasteiger partial charge in [-0.05, 0) is 37.1 Å². The molecule has 0 bridgehead atoms. The number of anilines is 1. The number of carboxylic acid groups (broad SMARTS) is 1. The van der Waals surface area contributed by atoms with E-state index in [1.165, 1.54) is 12.1 Å². The van der Waals surface area contributed by atoms with E-state index >= 15 is 0 Å². The lowest BCUT2D eigenvalue weighted by Gasteiger charge is -2.32. The molecule has 1 aromatic carbocycles. The molecule has 1 saturated heterocycles. The largest absolute Gasteiger partial charge is 0.478 e. The molecule has 6 heteroatoms. The lowest BCUT2D eigenvalue weighted by atomic mass is 9.99. The van der Waals surface area contributed by atoms with Crippen LogP contribution in [0.5, 0.6) is 0 Å². The van der Waals surface area contributed by atoms with Crippen molar-refractivity contribution in [3.8, 4) is 0 Å². The van der Waals surface area contributed by atoms with Gasteiger partial charge in [0.25, 0.3) is 0 Å². The van der Waals surface area contributed by atoms with Crippen LogP contribution in [0, 0.1) is 5.92 Å². The monoisotopic (exact) mass is 292 g/mol. The summed E-state index contributed by atoms with van der Waals surface area (Å²) in [6, 6.07) is 5.98. The molecule has 0 aromatic heterocycles. The zero-order valence-electron chi connectivity index (χ0n) is 12.0. The maximum Gasteiger partial charge on any atom is 0.335 e. The number of piperidine rings is 1. The lowest BCUT2D eigenvalue weighted by Crippen LogP contribution is -2.43. The zero-order valence-corrected chi connectivity index (χ0v) is 12.0. The van der Waals surface area contributed by atoms with Gasteiger partial charge in [0.1, 0.15) is 0 Å². The third kappa shape index (κ3) is 4.19. The van der Waals surface area contributed by atoms with E-state index in [1.54, 1.807) is 24.1 Å². The molecule has 2 amide bonds. The van der Waals surface area contributed by atoms with Crippen molar-refractivity contribution < 1.29 is 19.4 Å². The maximum atomic E-state index is 12.2. The van der Waals surface area contributed by atoms with Gasteiger partial charge < -0.3 is 20.1 Å². The number of hydrogen-bond acceptors (Lipinski definition) is 3. The van der Waals surface area contributed by atoms with Gasteiger partial charge in [-0.25, -0.2) is 9.59 Å². The number of nitrogens with zero attached hydrogens (tertiary/aromatic N) is 1. The Kier molecular flexibility index (Phi) is 5.16. The average Bonchev–Trinajstić information content (AvgIpc) is 2.48. The molecule has 1 aromatic rings. The quantitative estimate of drug-likeness (QED) is 0.892. The number of carbonyl (C=O) groups excluding carboxylic acids is 1. The highest BCUT2D eigenvalue weighted by Gasteiger charge is 2.23. The van der Waals surface area contributed by atoms with E-state index < -0.39 is 5.97 Å². The normalized spacial score (nSPS) is 18.3. The van der Waals surface area contributed by atoms with Crippen molar-refractivity contribution in [1.82, 2.24) is 4.90 Å². The number of nitrogens with one attached hydrogen (secondary N) is 1. The first-order valence-corrected chi connectivity index (χ1v) is 6.98. The summed E-state index contributed by atoms with van der Waals surface area (Å²) < 4.78 is 5.15. The van der Waals surface area contributed by atoms with E-state index in [9.17, 15) is 9.59 Å². The minimum Gasteiger partial charge on any atom is -0.478 e. The summed E-state index contributed by atoms with van der Waals surface area (Å²) in [6.07, 6.45) is 2.05. The Balaban J connectivity index is 1.92. The van der Waals surface area contributed by atoms with Gasteiger partial charge in [0.15, 0.2) is 0 Å². The average molecular weight is 292 g/mol. The third-order valence-electron chi connectivity index (χ3n) is 3.59. The fraction of sp³-hybridized carbons (Fsp3) is 0.467. The Hall–Kier alpha value is -2.08. The smallest absolute Gasteiger partial charge is 0.335 e. The molecule has 0 spiro atoms. The second-order valence-electron chi connectivity index (χ2n) is 5.22. The molecule has 114 valence electrons. The minimum absolute atomic E-state index is 0.154.